The SMILES string of the molecule is Nc1c(Br)cncc1-c1cc(F)ccc1F. The number of nitrogens with zero attached hydrogens (tertiary/aromatic N) is 1. The lowest BCUT2D eigenvalue weighted by Gasteiger charge is -2.07. The first kappa shape index (κ1) is 11.0. The lowest BCUT2D eigenvalue weighted by atomic mass is 10.1. The summed E-state index contributed by atoms with van der Waals surface area (Å²) in [5.41, 5.74) is 6.56. The molecule has 0 bridgehead atoms. The molecule has 0 amide bonds. The fourth-order valence-electron chi connectivity index (χ4n) is 1.36. The maximum absolute atomic E-state index is 13.5. The van der Waals surface area contributed by atoms with E-state index in [2.05, 4.69) is 20.9 Å². The van der Waals surface area contributed by atoms with Crippen molar-refractivity contribution in [2.75, 3.05) is 5.73 Å². The Morgan fingerprint density at radius 1 is 1.12 bits per heavy atom. The monoisotopic (exact) mass is 284 g/mol. The van der Waals surface area contributed by atoms with Crippen LogP contribution in [0.3, 0.4) is 0 Å². The van der Waals surface area contributed by atoms with Gasteiger partial charge in [-0.1, -0.05) is 0 Å². The predicted octanol–water partition coefficient (Wildman–Crippen LogP) is 3.37. The molecule has 0 aliphatic heterocycles. The first-order chi connectivity index (χ1) is 7.59. The molecule has 2 N–H and O–H groups in total. The van der Waals surface area contributed by atoms with E-state index in [1.54, 1.807) is 0 Å². The maximum atomic E-state index is 13.5. The number of hydrogen-bond donors (Lipinski definition) is 1. The molecule has 0 aliphatic carbocycles. The zero-order valence-corrected chi connectivity index (χ0v) is 9.63. The van der Waals surface area contributed by atoms with Crippen molar-refractivity contribution in [3.05, 3.63) is 46.7 Å². The Bertz CT molecular complexity index is 544. The van der Waals surface area contributed by atoms with E-state index in [4.69, 9.17) is 5.73 Å². The summed E-state index contributed by atoms with van der Waals surface area (Å²) < 4.78 is 27.1. The molecule has 1 heterocycles. The number of rotatable bonds is 1. The van der Waals surface area contributed by atoms with Gasteiger partial charge < -0.3 is 5.73 Å². The third-order valence-corrected chi connectivity index (χ3v) is 2.79. The Morgan fingerprint density at radius 2 is 1.88 bits per heavy atom. The van der Waals surface area contributed by atoms with Gasteiger partial charge in [0, 0.05) is 23.5 Å². The lowest BCUT2D eigenvalue weighted by Crippen LogP contribution is -1.95. The van der Waals surface area contributed by atoms with E-state index < -0.39 is 11.6 Å². The van der Waals surface area contributed by atoms with Gasteiger partial charge in [0.15, 0.2) is 0 Å². The van der Waals surface area contributed by atoms with Crippen molar-refractivity contribution >= 4 is 21.6 Å². The van der Waals surface area contributed by atoms with Gasteiger partial charge in [0.05, 0.1) is 10.2 Å². The molecule has 0 aliphatic rings. The molecule has 1 aromatic heterocycles. The fourth-order valence-corrected chi connectivity index (χ4v) is 1.70. The molecule has 2 aromatic rings. The quantitative estimate of drug-likeness (QED) is 0.872. The van der Waals surface area contributed by atoms with E-state index in [1.807, 2.05) is 0 Å². The second-order valence-corrected chi connectivity index (χ2v) is 4.06. The van der Waals surface area contributed by atoms with Gasteiger partial charge in [-0.25, -0.2) is 8.78 Å². The van der Waals surface area contributed by atoms with E-state index in [0.717, 1.165) is 18.2 Å². The van der Waals surface area contributed by atoms with E-state index in [0.29, 0.717) is 15.7 Å². The number of hydrogen-bond acceptors (Lipinski definition) is 2. The van der Waals surface area contributed by atoms with Gasteiger partial charge in [-0.05, 0) is 34.1 Å². The smallest absolute Gasteiger partial charge is 0.131 e. The molecule has 0 unspecified atom stereocenters. The van der Waals surface area contributed by atoms with Gasteiger partial charge in [-0.2, -0.15) is 0 Å². The summed E-state index contributed by atoms with van der Waals surface area (Å²) in [6, 6.07) is 3.21. The summed E-state index contributed by atoms with van der Waals surface area (Å²) in [4.78, 5) is 3.88. The van der Waals surface area contributed by atoms with E-state index in [-0.39, 0.29) is 5.56 Å². The summed E-state index contributed by atoms with van der Waals surface area (Å²) >= 11 is 3.18. The normalized spacial score (nSPS) is 10.4. The number of anilines is 1. The molecule has 0 saturated heterocycles. The number of nitrogens with two attached hydrogens (primary N) is 1. The molecule has 16 heavy (non-hydrogen) atoms. The number of nitrogen functional groups attached to an aromatic ring is 1. The van der Waals surface area contributed by atoms with Crippen LogP contribution in [0.5, 0.6) is 0 Å². The first-order valence-electron chi connectivity index (χ1n) is 4.44. The van der Waals surface area contributed by atoms with Crippen LogP contribution >= 0.6 is 15.9 Å². The van der Waals surface area contributed by atoms with Crippen LogP contribution in [0.1, 0.15) is 0 Å². The van der Waals surface area contributed by atoms with Crippen molar-refractivity contribution in [2.45, 2.75) is 0 Å². The predicted molar refractivity (Wildman–Crippen MR) is 61.7 cm³/mol. The van der Waals surface area contributed by atoms with Crippen LogP contribution < -0.4 is 5.73 Å². The lowest BCUT2D eigenvalue weighted by molar-refractivity contribution is 0.603. The molecule has 82 valence electrons. The number of aromatic nitrogens is 1. The largest absolute Gasteiger partial charge is 0.397 e. The van der Waals surface area contributed by atoms with Crippen molar-refractivity contribution < 1.29 is 8.78 Å². The zero-order chi connectivity index (χ0) is 11.7. The van der Waals surface area contributed by atoms with E-state index in [1.165, 1.54) is 12.4 Å². The van der Waals surface area contributed by atoms with Crippen LogP contribution in [-0.4, -0.2) is 4.98 Å². The van der Waals surface area contributed by atoms with Gasteiger partial charge in [0.25, 0.3) is 0 Å². The fraction of sp³-hybridized carbons (Fsp3) is 0. The zero-order valence-electron chi connectivity index (χ0n) is 8.05. The molecular formula is C11H7BrF2N2. The molecule has 0 spiro atoms. The Kier molecular flexibility index (Phi) is 2.87. The van der Waals surface area contributed by atoms with E-state index in [9.17, 15) is 8.78 Å². The highest BCUT2D eigenvalue weighted by Crippen LogP contribution is 2.32. The highest BCUT2D eigenvalue weighted by Gasteiger charge is 2.11. The first-order valence-corrected chi connectivity index (χ1v) is 5.23. The third-order valence-electron chi connectivity index (χ3n) is 2.16. The van der Waals surface area contributed by atoms with Gasteiger partial charge in [-0.3, -0.25) is 4.98 Å². The topological polar surface area (TPSA) is 38.9 Å². The second kappa shape index (κ2) is 4.17. The van der Waals surface area contributed by atoms with E-state index >= 15 is 0 Å². The highest BCUT2D eigenvalue weighted by atomic mass is 79.9. The summed E-state index contributed by atoms with van der Waals surface area (Å²) in [5.74, 6) is -1.05. The third kappa shape index (κ3) is 1.90. The van der Waals surface area contributed by atoms with Gasteiger partial charge in [0.1, 0.15) is 11.6 Å². The molecule has 0 radical (unpaired) electrons. The van der Waals surface area contributed by atoms with Crippen molar-refractivity contribution in [2.24, 2.45) is 0 Å². The van der Waals surface area contributed by atoms with Gasteiger partial charge in [0.2, 0.25) is 0 Å². The molecule has 0 atom stereocenters. The Hall–Kier alpha value is -1.49. The average molecular weight is 285 g/mol. The van der Waals surface area contributed by atoms with Crippen LogP contribution in [0.2, 0.25) is 0 Å². The van der Waals surface area contributed by atoms with Crippen LogP contribution in [0.25, 0.3) is 11.1 Å². The number of pyridine rings is 1. The highest BCUT2D eigenvalue weighted by molar-refractivity contribution is 9.10. The molecular weight excluding hydrogens is 278 g/mol. The van der Waals surface area contributed by atoms with Crippen LogP contribution in [0.4, 0.5) is 14.5 Å². The van der Waals surface area contributed by atoms with Crippen molar-refractivity contribution in [3.63, 3.8) is 0 Å². The van der Waals surface area contributed by atoms with Crippen molar-refractivity contribution in [3.8, 4) is 11.1 Å². The molecule has 1 aromatic carbocycles. The summed E-state index contributed by atoms with van der Waals surface area (Å²) in [7, 11) is 0. The Morgan fingerprint density at radius 3 is 2.62 bits per heavy atom. The number of benzene rings is 1. The standard InChI is InChI=1S/C11H7BrF2N2/c12-9-5-16-4-8(11(9)15)7-3-6(13)1-2-10(7)14/h1-5H,(H2,15,16). The molecule has 0 fully saturated rings. The minimum Gasteiger partial charge on any atom is -0.397 e. The maximum Gasteiger partial charge on any atom is 0.131 e. The second-order valence-electron chi connectivity index (χ2n) is 3.21. The van der Waals surface area contributed by atoms with Gasteiger partial charge >= 0.3 is 0 Å². The summed E-state index contributed by atoms with van der Waals surface area (Å²) in [6.45, 7) is 0. The minimum atomic E-state index is -0.534. The van der Waals surface area contributed by atoms with Crippen LogP contribution in [0.15, 0.2) is 35.1 Å². The molecule has 0 saturated carbocycles. The minimum absolute atomic E-state index is 0.103. The summed E-state index contributed by atoms with van der Waals surface area (Å²) in [6.07, 6.45) is 2.90. The number of halogens is 3. The van der Waals surface area contributed by atoms with Crippen LogP contribution in [-0.2, 0) is 0 Å². The molecule has 5 heteroatoms. The van der Waals surface area contributed by atoms with Crippen molar-refractivity contribution in [1.29, 1.82) is 0 Å². The van der Waals surface area contributed by atoms with Crippen LogP contribution in [0, 0.1) is 11.6 Å². The average Bonchev–Trinajstić information content (AvgIpc) is 2.26. The summed E-state index contributed by atoms with van der Waals surface area (Å²) in [5, 5.41) is 0. The molecule has 2 nitrogen and oxygen atoms in total. The van der Waals surface area contributed by atoms with Crippen molar-refractivity contribution in [1.82, 2.24) is 4.98 Å². The molecule has 2 rings (SSSR count). The Balaban J connectivity index is 2.67. The Labute approximate surface area is 99.2 Å². The van der Waals surface area contributed by atoms with Gasteiger partial charge in [-0.15, -0.1) is 0 Å².